The summed E-state index contributed by atoms with van der Waals surface area (Å²) in [5.41, 5.74) is -0.534. The minimum Gasteiger partial charge on any atom is -0.480 e. The maximum atomic E-state index is 13.4. The molecule has 1 aromatic rings. The average molecular weight is 281 g/mol. The maximum absolute atomic E-state index is 13.4. The second kappa shape index (κ2) is 7.24. The van der Waals surface area contributed by atoms with Crippen LogP contribution in [0.1, 0.15) is 29.6 Å². The zero-order chi connectivity index (χ0) is 15.1. The summed E-state index contributed by atoms with van der Waals surface area (Å²) in [6.07, 6.45) is 5.93. The number of carbonyl (C=O) groups excluding carboxylic acids is 1. The van der Waals surface area contributed by atoms with Crippen molar-refractivity contribution < 1.29 is 23.5 Å². The molecule has 0 aromatic heterocycles. The van der Waals surface area contributed by atoms with E-state index in [1.165, 1.54) is 6.07 Å². The van der Waals surface area contributed by atoms with Gasteiger partial charge in [-0.3, -0.25) is 4.79 Å². The topological polar surface area (TPSA) is 66.4 Å². The summed E-state index contributed by atoms with van der Waals surface area (Å²) in [6.45, 7) is 0. The lowest BCUT2D eigenvalue weighted by Crippen LogP contribution is -2.41. The number of unbranched alkanes of at least 4 members (excludes halogenated alkanes) is 1. The first-order chi connectivity index (χ1) is 9.47. The van der Waals surface area contributed by atoms with Crippen molar-refractivity contribution in [3.63, 3.8) is 0 Å². The van der Waals surface area contributed by atoms with E-state index in [-0.39, 0.29) is 6.42 Å². The summed E-state index contributed by atoms with van der Waals surface area (Å²) >= 11 is 0. The van der Waals surface area contributed by atoms with Gasteiger partial charge in [0.1, 0.15) is 6.04 Å². The lowest BCUT2D eigenvalue weighted by atomic mass is 10.1. The van der Waals surface area contributed by atoms with Crippen LogP contribution in [-0.2, 0) is 4.79 Å². The van der Waals surface area contributed by atoms with Crippen molar-refractivity contribution >= 4 is 11.9 Å². The lowest BCUT2D eigenvalue weighted by molar-refractivity contribution is -0.139. The van der Waals surface area contributed by atoms with Gasteiger partial charge in [-0.15, -0.1) is 12.3 Å². The highest BCUT2D eigenvalue weighted by Crippen LogP contribution is 2.12. The first-order valence-corrected chi connectivity index (χ1v) is 5.88. The Morgan fingerprint density at radius 2 is 2.10 bits per heavy atom. The molecule has 1 rings (SSSR count). The largest absolute Gasteiger partial charge is 0.480 e. The van der Waals surface area contributed by atoms with Gasteiger partial charge in [0, 0.05) is 6.42 Å². The number of carboxylic acid groups (broad SMARTS) is 1. The fourth-order valence-electron chi connectivity index (χ4n) is 1.58. The zero-order valence-electron chi connectivity index (χ0n) is 10.5. The van der Waals surface area contributed by atoms with Gasteiger partial charge in [0.2, 0.25) is 0 Å². The summed E-state index contributed by atoms with van der Waals surface area (Å²) in [7, 11) is 0. The van der Waals surface area contributed by atoms with Crippen LogP contribution < -0.4 is 5.32 Å². The third-order valence-electron chi connectivity index (χ3n) is 2.61. The Labute approximate surface area is 114 Å². The van der Waals surface area contributed by atoms with Crippen molar-refractivity contribution in [2.24, 2.45) is 0 Å². The van der Waals surface area contributed by atoms with Gasteiger partial charge < -0.3 is 10.4 Å². The van der Waals surface area contributed by atoms with E-state index >= 15 is 0 Å². The summed E-state index contributed by atoms with van der Waals surface area (Å²) in [5.74, 6) is -2.36. The van der Waals surface area contributed by atoms with Crippen LogP contribution in [0.5, 0.6) is 0 Å². The molecule has 1 aromatic carbocycles. The zero-order valence-corrected chi connectivity index (χ0v) is 10.5. The number of hydrogen-bond acceptors (Lipinski definition) is 2. The molecule has 0 radical (unpaired) electrons. The molecule has 0 fully saturated rings. The van der Waals surface area contributed by atoms with E-state index in [2.05, 4.69) is 11.2 Å². The van der Waals surface area contributed by atoms with Crippen LogP contribution in [0.25, 0.3) is 0 Å². The number of aliphatic carboxylic acids is 1. The van der Waals surface area contributed by atoms with E-state index in [1.54, 1.807) is 0 Å². The fourth-order valence-corrected chi connectivity index (χ4v) is 1.58. The maximum Gasteiger partial charge on any atom is 0.326 e. The summed E-state index contributed by atoms with van der Waals surface area (Å²) in [4.78, 5) is 22.7. The molecule has 0 saturated heterocycles. The van der Waals surface area contributed by atoms with E-state index < -0.39 is 35.1 Å². The van der Waals surface area contributed by atoms with Crippen LogP contribution in [-0.4, -0.2) is 23.0 Å². The third-order valence-corrected chi connectivity index (χ3v) is 2.61. The molecule has 1 amide bonds. The standard InChI is InChI=1S/C14H13F2NO3/c1-2-3-4-8-11(14(19)20)17-13(18)9-6-5-7-10(15)12(9)16/h1,5-7,11H,3-4,8H2,(H,17,18)(H,19,20)/t11-/m1/s1. The quantitative estimate of drug-likeness (QED) is 0.618. The van der Waals surface area contributed by atoms with Crippen LogP contribution >= 0.6 is 0 Å². The van der Waals surface area contributed by atoms with Gasteiger partial charge in [0.05, 0.1) is 5.56 Å². The fraction of sp³-hybridized carbons (Fsp3) is 0.286. The highest BCUT2D eigenvalue weighted by Gasteiger charge is 2.22. The lowest BCUT2D eigenvalue weighted by Gasteiger charge is -2.14. The summed E-state index contributed by atoms with van der Waals surface area (Å²) in [5, 5.41) is 11.1. The number of terminal acetylenes is 1. The minimum atomic E-state index is -1.31. The molecule has 0 aliphatic rings. The molecule has 0 aliphatic carbocycles. The molecular weight excluding hydrogens is 268 g/mol. The Balaban J connectivity index is 2.78. The Kier molecular flexibility index (Phi) is 5.66. The van der Waals surface area contributed by atoms with Gasteiger partial charge in [-0.25, -0.2) is 13.6 Å². The SMILES string of the molecule is C#CCCC[C@@H](NC(=O)c1cccc(F)c1F)C(=O)O. The number of nitrogens with one attached hydrogen (secondary N) is 1. The number of rotatable bonds is 6. The van der Waals surface area contributed by atoms with Crippen LogP contribution in [0.2, 0.25) is 0 Å². The molecule has 0 saturated carbocycles. The van der Waals surface area contributed by atoms with Crippen LogP contribution in [0.4, 0.5) is 8.78 Å². The second-order valence-electron chi connectivity index (χ2n) is 4.06. The number of carbonyl (C=O) groups is 2. The van der Waals surface area contributed by atoms with Crippen molar-refractivity contribution in [2.45, 2.75) is 25.3 Å². The summed E-state index contributed by atoms with van der Waals surface area (Å²) < 4.78 is 26.4. The van der Waals surface area contributed by atoms with E-state index in [0.717, 1.165) is 12.1 Å². The summed E-state index contributed by atoms with van der Waals surface area (Å²) in [6, 6.07) is 1.92. The van der Waals surface area contributed by atoms with E-state index in [1.807, 2.05) is 0 Å². The smallest absolute Gasteiger partial charge is 0.326 e. The Hall–Kier alpha value is -2.42. The molecule has 0 aliphatic heterocycles. The number of carboxylic acids is 1. The first kappa shape index (κ1) is 15.6. The number of halogens is 2. The molecule has 106 valence electrons. The van der Waals surface area contributed by atoms with E-state index in [4.69, 9.17) is 11.5 Å². The first-order valence-electron chi connectivity index (χ1n) is 5.88. The number of benzene rings is 1. The molecule has 6 heteroatoms. The van der Waals surface area contributed by atoms with Gasteiger partial charge in [-0.2, -0.15) is 0 Å². The van der Waals surface area contributed by atoms with Gasteiger partial charge >= 0.3 is 5.97 Å². The van der Waals surface area contributed by atoms with Crippen LogP contribution in [0.3, 0.4) is 0 Å². The molecule has 4 nitrogen and oxygen atoms in total. The normalized spacial score (nSPS) is 11.4. The Morgan fingerprint density at radius 1 is 1.40 bits per heavy atom. The third kappa shape index (κ3) is 4.05. The second-order valence-corrected chi connectivity index (χ2v) is 4.06. The highest BCUT2D eigenvalue weighted by molar-refractivity contribution is 5.96. The van der Waals surface area contributed by atoms with Crippen molar-refractivity contribution in [3.8, 4) is 12.3 Å². The van der Waals surface area contributed by atoms with Crippen molar-refractivity contribution in [1.82, 2.24) is 5.32 Å². The minimum absolute atomic E-state index is 0.113. The van der Waals surface area contributed by atoms with Crippen LogP contribution in [0.15, 0.2) is 18.2 Å². The number of hydrogen-bond donors (Lipinski definition) is 2. The van der Waals surface area contributed by atoms with Crippen LogP contribution in [0, 0.1) is 24.0 Å². The van der Waals surface area contributed by atoms with Crippen molar-refractivity contribution in [1.29, 1.82) is 0 Å². The Bertz CT molecular complexity index is 552. The van der Waals surface area contributed by atoms with E-state index in [0.29, 0.717) is 12.8 Å². The van der Waals surface area contributed by atoms with Gasteiger partial charge in [0.15, 0.2) is 11.6 Å². The Morgan fingerprint density at radius 3 is 2.70 bits per heavy atom. The molecule has 0 heterocycles. The number of amides is 1. The van der Waals surface area contributed by atoms with Gasteiger partial charge in [0.25, 0.3) is 5.91 Å². The van der Waals surface area contributed by atoms with Gasteiger partial charge in [-0.1, -0.05) is 6.07 Å². The van der Waals surface area contributed by atoms with Crippen molar-refractivity contribution in [3.05, 3.63) is 35.4 Å². The highest BCUT2D eigenvalue weighted by atomic mass is 19.2. The van der Waals surface area contributed by atoms with E-state index in [9.17, 15) is 18.4 Å². The molecule has 20 heavy (non-hydrogen) atoms. The molecule has 0 spiro atoms. The monoisotopic (exact) mass is 281 g/mol. The molecule has 2 N–H and O–H groups in total. The predicted molar refractivity (Wildman–Crippen MR) is 67.9 cm³/mol. The molecule has 0 unspecified atom stereocenters. The molecule has 1 atom stereocenters. The van der Waals surface area contributed by atoms with Gasteiger partial charge in [-0.05, 0) is 25.0 Å². The molecular formula is C14H13F2NO3. The van der Waals surface area contributed by atoms with Crippen molar-refractivity contribution in [2.75, 3.05) is 0 Å². The predicted octanol–water partition coefficient (Wildman–Crippen LogP) is 1.95. The average Bonchev–Trinajstić information content (AvgIpc) is 2.40. The molecule has 0 bridgehead atoms.